The zero-order valence-corrected chi connectivity index (χ0v) is 11.1. The number of ether oxygens (including phenoxy) is 1. The van der Waals surface area contributed by atoms with Crippen molar-refractivity contribution < 1.29 is 14.6 Å². The van der Waals surface area contributed by atoms with E-state index >= 15 is 0 Å². The van der Waals surface area contributed by atoms with Gasteiger partial charge < -0.3 is 9.84 Å². The Bertz CT molecular complexity index is 646. The molecule has 0 saturated heterocycles. The zero-order chi connectivity index (χ0) is 13.9. The fraction of sp³-hybridized carbons (Fsp3) is 0.235. The highest BCUT2D eigenvalue weighted by molar-refractivity contribution is 5.89. The quantitative estimate of drug-likeness (QED) is 0.923. The minimum absolute atomic E-state index is 0.291. The predicted molar refractivity (Wildman–Crippen MR) is 76.2 cm³/mol. The van der Waals surface area contributed by atoms with E-state index in [1.54, 1.807) is 18.2 Å². The number of carboxylic acid groups (broad SMARTS) is 1. The molecule has 0 aromatic heterocycles. The van der Waals surface area contributed by atoms with Gasteiger partial charge in [0.15, 0.2) is 0 Å². The second kappa shape index (κ2) is 5.37. The third-order valence-electron chi connectivity index (χ3n) is 3.73. The Morgan fingerprint density at radius 1 is 1.10 bits per heavy atom. The maximum absolute atomic E-state index is 11.2. The van der Waals surface area contributed by atoms with Crippen molar-refractivity contribution >= 4 is 5.97 Å². The number of hydrogen-bond acceptors (Lipinski definition) is 2. The summed E-state index contributed by atoms with van der Waals surface area (Å²) >= 11 is 0. The molecule has 3 nitrogen and oxygen atoms in total. The lowest BCUT2D eigenvalue weighted by Crippen LogP contribution is -2.06. The van der Waals surface area contributed by atoms with Gasteiger partial charge >= 0.3 is 5.97 Å². The van der Waals surface area contributed by atoms with Crippen LogP contribution >= 0.6 is 0 Å². The number of hydrogen-bond donors (Lipinski definition) is 1. The molecule has 3 rings (SSSR count). The molecule has 1 N–H and O–H groups in total. The molecular formula is C17H16O3. The number of benzene rings is 2. The third-order valence-corrected chi connectivity index (χ3v) is 3.73. The Morgan fingerprint density at radius 2 is 1.95 bits per heavy atom. The van der Waals surface area contributed by atoms with Gasteiger partial charge in [-0.3, -0.25) is 0 Å². The number of aryl methyl sites for hydroxylation is 1. The first-order valence-corrected chi connectivity index (χ1v) is 6.80. The Morgan fingerprint density at radius 3 is 2.80 bits per heavy atom. The van der Waals surface area contributed by atoms with E-state index in [9.17, 15) is 4.79 Å². The van der Waals surface area contributed by atoms with Crippen molar-refractivity contribution in [3.05, 3.63) is 64.7 Å². The lowest BCUT2D eigenvalue weighted by atomic mass is 10.1. The van der Waals surface area contributed by atoms with Gasteiger partial charge in [0.05, 0.1) is 5.56 Å². The molecule has 0 heterocycles. The average Bonchev–Trinajstić information content (AvgIpc) is 2.94. The van der Waals surface area contributed by atoms with E-state index in [1.165, 1.54) is 17.5 Å². The van der Waals surface area contributed by atoms with Crippen LogP contribution in [0, 0.1) is 0 Å². The summed E-state index contributed by atoms with van der Waals surface area (Å²) in [5, 5.41) is 9.16. The topological polar surface area (TPSA) is 46.5 Å². The summed E-state index contributed by atoms with van der Waals surface area (Å²) in [7, 11) is 0. The number of fused-ring (bicyclic) bond motifs is 1. The smallest absolute Gasteiger partial charge is 0.336 e. The lowest BCUT2D eigenvalue weighted by molar-refractivity contribution is 0.0694. The van der Waals surface area contributed by atoms with Crippen LogP contribution in [0.2, 0.25) is 0 Å². The first-order chi connectivity index (χ1) is 9.75. The molecule has 0 fully saturated rings. The summed E-state index contributed by atoms with van der Waals surface area (Å²) in [5.74, 6) is -0.0253. The largest absolute Gasteiger partial charge is 0.489 e. The molecule has 2 aromatic carbocycles. The fourth-order valence-corrected chi connectivity index (χ4v) is 2.73. The van der Waals surface area contributed by atoms with Gasteiger partial charge in [-0.1, -0.05) is 30.3 Å². The molecule has 0 amide bonds. The van der Waals surface area contributed by atoms with Crippen LogP contribution < -0.4 is 4.74 Å². The second-order valence-corrected chi connectivity index (χ2v) is 5.00. The minimum Gasteiger partial charge on any atom is -0.489 e. The van der Waals surface area contributed by atoms with Gasteiger partial charge in [-0.25, -0.2) is 4.79 Å². The van der Waals surface area contributed by atoms with E-state index in [0.29, 0.717) is 17.7 Å². The van der Waals surface area contributed by atoms with Crippen LogP contribution in [0.3, 0.4) is 0 Å². The molecule has 1 aliphatic carbocycles. The summed E-state index contributed by atoms with van der Waals surface area (Å²) in [6, 6.07) is 13.1. The molecule has 0 unspecified atom stereocenters. The van der Waals surface area contributed by atoms with Crippen molar-refractivity contribution in [1.82, 2.24) is 0 Å². The van der Waals surface area contributed by atoms with E-state index < -0.39 is 5.97 Å². The van der Waals surface area contributed by atoms with Gasteiger partial charge in [0.25, 0.3) is 0 Å². The average molecular weight is 268 g/mol. The molecule has 0 saturated carbocycles. The fourth-order valence-electron chi connectivity index (χ4n) is 2.73. The van der Waals surface area contributed by atoms with Gasteiger partial charge in [0.1, 0.15) is 12.4 Å². The highest BCUT2D eigenvalue weighted by Crippen LogP contribution is 2.31. The van der Waals surface area contributed by atoms with Crippen molar-refractivity contribution in [3.8, 4) is 5.75 Å². The number of carboxylic acids is 1. The van der Waals surface area contributed by atoms with Crippen molar-refractivity contribution in [2.75, 3.05) is 0 Å². The summed E-state index contributed by atoms with van der Waals surface area (Å²) in [6.07, 6.45) is 3.33. The highest BCUT2D eigenvalue weighted by atomic mass is 16.5. The van der Waals surface area contributed by atoms with E-state index in [1.807, 2.05) is 18.2 Å². The number of carbonyl (C=O) groups is 1. The summed E-state index contributed by atoms with van der Waals surface area (Å²) in [5.41, 5.74) is 3.64. The van der Waals surface area contributed by atoms with E-state index in [4.69, 9.17) is 9.84 Å². The normalized spacial score (nSPS) is 13.0. The second-order valence-electron chi connectivity index (χ2n) is 5.00. The Balaban J connectivity index is 1.81. The first kappa shape index (κ1) is 12.7. The van der Waals surface area contributed by atoms with Gasteiger partial charge in [-0.2, -0.15) is 0 Å². The van der Waals surface area contributed by atoms with Gasteiger partial charge in [0, 0.05) is 5.56 Å². The van der Waals surface area contributed by atoms with Gasteiger partial charge in [-0.05, 0) is 42.5 Å². The predicted octanol–water partition coefficient (Wildman–Crippen LogP) is 3.45. The Kier molecular flexibility index (Phi) is 3.42. The van der Waals surface area contributed by atoms with E-state index in [-0.39, 0.29) is 0 Å². The van der Waals surface area contributed by atoms with Crippen LogP contribution in [0.4, 0.5) is 0 Å². The molecule has 3 heteroatoms. The molecule has 0 atom stereocenters. The van der Waals surface area contributed by atoms with Crippen molar-refractivity contribution in [2.24, 2.45) is 0 Å². The maximum Gasteiger partial charge on any atom is 0.336 e. The molecule has 1 aliphatic rings. The molecule has 0 aliphatic heterocycles. The minimum atomic E-state index is -0.914. The molecule has 102 valence electrons. The lowest BCUT2D eigenvalue weighted by Gasteiger charge is -2.12. The molecule has 20 heavy (non-hydrogen) atoms. The van der Waals surface area contributed by atoms with Crippen LogP contribution in [-0.4, -0.2) is 11.1 Å². The summed E-state index contributed by atoms with van der Waals surface area (Å²) in [6.45, 7) is 0.291. The zero-order valence-electron chi connectivity index (χ0n) is 11.1. The molecule has 0 radical (unpaired) electrons. The van der Waals surface area contributed by atoms with Crippen molar-refractivity contribution in [1.29, 1.82) is 0 Å². The molecular weight excluding hydrogens is 252 g/mol. The van der Waals surface area contributed by atoms with Crippen LogP contribution in [0.5, 0.6) is 5.75 Å². The van der Waals surface area contributed by atoms with Crippen LogP contribution in [0.25, 0.3) is 0 Å². The van der Waals surface area contributed by atoms with Crippen LogP contribution in [-0.2, 0) is 19.4 Å². The summed E-state index contributed by atoms with van der Waals surface area (Å²) in [4.78, 5) is 11.2. The van der Waals surface area contributed by atoms with Gasteiger partial charge in [0.2, 0.25) is 0 Å². The van der Waals surface area contributed by atoms with Crippen LogP contribution in [0.15, 0.2) is 42.5 Å². The van der Waals surface area contributed by atoms with E-state index in [2.05, 4.69) is 6.07 Å². The van der Waals surface area contributed by atoms with E-state index in [0.717, 1.165) is 18.6 Å². The SMILES string of the molecule is O=C(O)c1ccccc1COc1cccc2c1CCC2. The molecule has 0 spiro atoms. The molecule has 2 aromatic rings. The number of rotatable bonds is 4. The molecule has 0 bridgehead atoms. The standard InChI is InChI=1S/C17H16O3/c18-17(19)15-8-2-1-5-13(15)11-20-16-10-4-7-12-6-3-9-14(12)16/h1-2,4-5,7-8,10H,3,6,9,11H2,(H,18,19). The van der Waals surface area contributed by atoms with Gasteiger partial charge in [-0.15, -0.1) is 0 Å². The van der Waals surface area contributed by atoms with Crippen molar-refractivity contribution in [2.45, 2.75) is 25.9 Å². The number of aromatic carboxylic acids is 1. The Labute approximate surface area is 117 Å². The highest BCUT2D eigenvalue weighted by Gasteiger charge is 2.16. The summed E-state index contributed by atoms with van der Waals surface area (Å²) < 4.78 is 5.86. The first-order valence-electron chi connectivity index (χ1n) is 6.80. The Hall–Kier alpha value is -2.29. The van der Waals surface area contributed by atoms with Crippen LogP contribution in [0.1, 0.15) is 33.5 Å². The third kappa shape index (κ3) is 2.39. The maximum atomic E-state index is 11.2. The monoisotopic (exact) mass is 268 g/mol. The van der Waals surface area contributed by atoms with Crippen molar-refractivity contribution in [3.63, 3.8) is 0 Å².